The van der Waals surface area contributed by atoms with Crippen molar-refractivity contribution in [1.82, 2.24) is 5.32 Å². The van der Waals surface area contributed by atoms with Crippen molar-refractivity contribution in [3.63, 3.8) is 0 Å². The van der Waals surface area contributed by atoms with E-state index in [0.29, 0.717) is 5.02 Å². The first-order chi connectivity index (χ1) is 14.5. The molecule has 31 heavy (non-hydrogen) atoms. The summed E-state index contributed by atoms with van der Waals surface area (Å²) in [6.07, 6.45) is -0.512. The summed E-state index contributed by atoms with van der Waals surface area (Å²) < 4.78 is 16.1. The quantitative estimate of drug-likeness (QED) is 0.343. The van der Waals surface area contributed by atoms with E-state index in [1.807, 2.05) is 0 Å². The zero-order valence-electron chi connectivity index (χ0n) is 17.4. The summed E-state index contributed by atoms with van der Waals surface area (Å²) in [5, 5.41) is 13.4. The van der Waals surface area contributed by atoms with Gasteiger partial charge in [-0.2, -0.15) is 0 Å². The van der Waals surface area contributed by atoms with Crippen LogP contribution in [0.3, 0.4) is 0 Å². The van der Waals surface area contributed by atoms with E-state index in [-0.39, 0.29) is 34.1 Å². The van der Waals surface area contributed by atoms with Gasteiger partial charge in [0.25, 0.3) is 0 Å². The lowest BCUT2D eigenvalue weighted by molar-refractivity contribution is -0.136. The molecule has 0 fully saturated rings. The van der Waals surface area contributed by atoms with Gasteiger partial charge in [-0.05, 0) is 39.3 Å². The Labute approximate surface area is 182 Å². The van der Waals surface area contributed by atoms with Gasteiger partial charge in [-0.15, -0.1) is 0 Å². The molecule has 1 amide bonds. The molecule has 9 heteroatoms. The van der Waals surface area contributed by atoms with E-state index < -0.39 is 34.9 Å². The standard InChI is InChI=1S/C22H22ClNO7/c1-5-14(24-21(28)31-22(2,3)4)20(27)29-12-9-15(25)18-17(10-12)30-16-8-11(23)6-7-13(16)19(18)26/h6-10,14,25H,5H2,1-4H3,(H,24,28)/t14-/m0/s1. The second-order valence-corrected chi connectivity index (χ2v) is 8.35. The van der Waals surface area contributed by atoms with Crippen molar-refractivity contribution >= 4 is 45.6 Å². The Morgan fingerprint density at radius 3 is 2.55 bits per heavy atom. The molecule has 0 saturated carbocycles. The van der Waals surface area contributed by atoms with Crippen molar-refractivity contribution in [1.29, 1.82) is 0 Å². The van der Waals surface area contributed by atoms with Crippen LogP contribution in [0.15, 0.2) is 39.5 Å². The van der Waals surface area contributed by atoms with Gasteiger partial charge in [0.15, 0.2) is 0 Å². The molecule has 0 spiro atoms. The zero-order chi connectivity index (χ0) is 22.9. The van der Waals surface area contributed by atoms with Crippen LogP contribution in [-0.4, -0.2) is 28.8 Å². The highest BCUT2D eigenvalue weighted by molar-refractivity contribution is 6.31. The number of nitrogens with one attached hydrogen (secondary N) is 1. The Kier molecular flexibility index (Phi) is 6.13. The van der Waals surface area contributed by atoms with Crippen molar-refractivity contribution < 1.29 is 28.6 Å². The average molecular weight is 448 g/mol. The van der Waals surface area contributed by atoms with Gasteiger partial charge in [0.1, 0.15) is 39.7 Å². The summed E-state index contributed by atoms with van der Waals surface area (Å²) in [6.45, 7) is 6.80. The van der Waals surface area contributed by atoms with Gasteiger partial charge >= 0.3 is 12.1 Å². The molecule has 0 aliphatic heterocycles. The fourth-order valence-corrected chi connectivity index (χ4v) is 3.09. The van der Waals surface area contributed by atoms with E-state index in [1.54, 1.807) is 33.8 Å². The molecule has 3 aromatic rings. The van der Waals surface area contributed by atoms with Crippen LogP contribution >= 0.6 is 11.6 Å². The number of rotatable bonds is 4. The maximum atomic E-state index is 12.7. The van der Waals surface area contributed by atoms with Crippen LogP contribution in [0.1, 0.15) is 34.1 Å². The molecule has 2 N–H and O–H groups in total. The largest absolute Gasteiger partial charge is 0.507 e. The maximum Gasteiger partial charge on any atom is 0.408 e. The second kappa shape index (κ2) is 8.47. The first-order valence-electron chi connectivity index (χ1n) is 9.59. The van der Waals surface area contributed by atoms with Crippen LogP contribution in [0.5, 0.6) is 11.5 Å². The summed E-state index contributed by atoms with van der Waals surface area (Å²) in [6, 6.07) is 6.00. The lowest BCUT2D eigenvalue weighted by atomic mass is 10.1. The molecule has 3 rings (SSSR count). The second-order valence-electron chi connectivity index (χ2n) is 7.92. The Balaban J connectivity index is 1.90. The number of hydrogen-bond donors (Lipinski definition) is 2. The van der Waals surface area contributed by atoms with Gasteiger partial charge in [-0.3, -0.25) is 4.79 Å². The SMILES string of the molecule is CC[C@H](NC(=O)OC(C)(C)C)C(=O)Oc1cc(O)c2c(=O)c3ccc(Cl)cc3oc2c1. The minimum Gasteiger partial charge on any atom is -0.507 e. The number of hydrogen-bond acceptors (Lipinski definition) is 7. The minimum absolute atomic E-state index is 0.0238. The summed E-state index contributed by atoms with van der Waals surface area (Å²) >= 11 is 5.96. The van der Waals surface area contributed by atoms with Crippen LogP contribution < -0.4 is 15.5 Å². The third kappa shape index (κ3) is 5.08. The monoisotopic (exact) mass is 447 g/mol. The van der Waals surface area contributed by atoms with Crippen molar-refractivity contribution in [3.05, 3.63) is 45.6 Å². The van der Waals surface area contributed by atoms with Crippen LogP contribution in [0.2, 0.25) is 5.02 Å². The normalized spacial score (nSPS) is 12.5. The average Bonchev–Trinajstić information content (AvgIpc) is 2.63. The molecular formula is C22H22ClNO7. The molecule has 1 aromatic heterocycles. The van der Waals surface area contributed by atoms with Crippen molar-refractivity contribution in [3.8, 4) is 11.5 Å². The van der Waals surface area contributed by atoms with Crippen LogP contribution in [-0.2, 0) is 9.53 Å². The van der Waals surface area contributed by atoms with Gasteiger partial charge in [0.05, 0.1) is 5.39 Å². The number of benzene rings is 2. The number of phenolic OH excluding ortho intramolecular Hbond substituents is 1. The number of carbonyl (C=O) groups excluding carboxylic acids is 2. The van der Waals surface area contributed by atoms with E-state index in [1.165, 1.54) is 18.2 Å². The molecule has 164 valence electrons. The minimum atomic E-state index is -0.977. The number of ether oxygens (including phenoxy) is 2. The predicted octanol–water partition coefficient (Wildman–Crippen LogP) is 4.51. The Bertz CT molecular complexity index is 1230. The highest BCUT2D eigenvalue weighted by atomic mass is 35.5. The first kappa shape index (κ1) is 22.4. The molecule has 1 atom stereocenters. The molecule has 0 saturated heterocycles. The highest BCUT2D eigenvalue weighted by Crippen LogP contribution is 2.31. The van der Waals surface area contributed by atoms with Gasteiger partial charge in [0, 0.05) is 23.2 Å². The van der Waals surface area contributed by atoms with Crippen molar-refractivity contribution in [2.45, 2.75) is 45.8 Å². The number of phenols is 1. The van der Waals surface area contributed by atoms with Gasteiger partial charge < -0.3 is 24.3 Å². The van der Waals surface area contributed by atoms with E-state index in [4.69, 9.17) is 25.5 Å². The molecule has 1 heterocycles. The van der Waals surface area contributed by atoms with Gasteiger partial charge in [-0.25, -0.2) is 9.59 Å². The molecule has 8 nitrogen and oxygen atoms in total. The molecule has 0 aliphatic carbocycles. The molecule has 0 aliphatic rings. The Morgan fingerprint density at radius 2 is 1.90 bits per heavy atom. The fourth-order valence-electron chi connectivity index (χ4n) is 2.93. The summed E-state index contributed by atoms with van der Waals surface area (Å²) in [7, 11) is 0. The topological polar surface area (TPSA) is 115 Å². The number of amides is 1. The zero-order valence-corrected chi connectivity index (χ0v) is 18.2. The van der Waals surface area contributed by atoms with Crippen LogP contribution in [0.4, 0.5) is 4.79 Å². The van der Waals surface area contributed by atoms with Crippen LogP contribution in [0.25, 0.3) is 21.9 Å². The highest BCUT2D eigenvalue weighted by Gasteiger charge is 2.25. The number of halogens is 1. The number of carbonyl (C=O) groups is 2. The number of alkyl carbamates (subject to hydrolysis) is 1. The molecule has 0 unspecified atom stereocenters. The summed E-state index contributed by atoms with van der Waals surface area (Å²) in [5.41, 5.74) is -0.914. The summed E-state index contributed by atoms with van der Waals surface area (Å²) in [4.78, 5) is 37.2. The van der Waals surface area contributed by atoms with E-state index >= 15 is 0 Å². The maximum absolute atomic E-state index is 12.7. The molecular weight excluding hydrogens is 426 g/mol. The lowest BCUT2D eigenvalue weighted by Gasteiger charge is -2.22. The van der Waals surface area contributed by atoms with Crippen molar-refractivity contribution in [2.24, 2.45) is 0 Å². The molecule has 0 radical (unpaired) electrons. The van der Waals surface area contributed by atoms with Gasteiger partial charge in [-0.1, -0.05) is 18.5 Å². The third-order valence-electron chi connectivity index (χ3n) is 4.29. The van der Waals surface area contributed by atoms with E-state index in [2.05, 4.69) is 5.32 Å². The lowest BCUT2D eigenvalue weighted by Crippen LogP contribution is -2.44. The number of aromatic hydroxyl groups is 1. The van der Waals surface area contributed by atoms with E-state index in [9.17, 15) is 19.5 Å². The fraction of sp³-hybridized carbons (Fsp3) is 0.318. The Morgan fingerprint density at radius 1 is 1.19 bits per heavy atom. The first-order valence-corrected chi connectivity index (χ1v) is 9.96. The van der Waals surface area contributed by atoms with Crippen LogP contribution in [0, 0.1) is 0 Å². The van der Waals surface area contributed by atoms with Crippen molar-refractivity contribution in [2.75, 3.05) is 0 Å². The predicted molar refractivity (Wildman–Crippen MR) is 116 cm³/mol. The molecule has 2 aromatic carbocycles. The molecule has 0 bridgehead atoms. The Hall–Kier alpha value is -3.26. The number of fused-ring (bicyclic) bond motifs is 2. The van der Waals surface area contributed by atoms with Gasteiger partial charge in [0.2, 0.25) is 5.43 Å². The summed E-state index contributed by atoms with van der Waals surface area (Å²) in [5.74, 6) is -1.22. The smallest absolute Gasteiger partial charge is 0.408 e. The number of esters is 1. The van der Waals surface area contributed by atoms with E-state index in [0.717, 1.165) is 6.07 Å². The third-order valence-corrected chi connectivity index (χ3v) is 4.53.